The number of thiazole rings is 1. The Morgan fingerprint density at radius 3 is 2.43 bits per heavy atom. The van der Waals surface area contributed by atoms with Crippen LogP contribution < -0.4 is 5.32 Å². The number of rotatable bonds is 7. The van der Waals surface area contributed by atoms with Crippen LogP contribution in [-0.2, 0) is 17.7 Å². The average molecular weight is 306 g/mol. The topological polar surface area (TPSA) is 59.9 Å². The number of aromatic nitrogens is 3. The molecular formula is C15H22N4OS. The molecule has 1 N–H and O–H groups in total. The van der Waals surface area contributed by atoms with E-state index in [0.717, 1.165) is 41.0 Å². The van der Waals surface area contributed by atoms with E-state index in [1.165, 1.54) is 5.56 Å². The largest absolute Gasteiger partial charge is 0.383 e. The summed E-state index contributed by atoms with van der Waals surface area (Å²) >= 11 is 1.66. The zero-order valence-electron chi connectivity index (χ0n) is 13.1. The molecule has 0 aliphatic heterocycles. The van der Waals surface area contributed by atoms with E-state index in [0.29, 0.717) is 13.0 Å². The predicted molar refractivity (Wildman–Crippen MR) is 84.7 cm³/mol. The van der Waals surface area contributed by atoms with Gasteiger partial charge in [0.1, 0.15) is 10.8 Å². The molecule has 0 atom stereocenters. The summed E-state index contributed by atoms with van der Waals surface area (Å²) in [5.74, 6) is 0.847. The van der Waals surface area contributed by atoms with E-state index < -0.39 is 0 Å². The van der Waals surface area contributed by atoms with Crippen molar-refractivity contribution < 1.29 is 4.74 Å². The summed E-state index contributed by atoms with van der Waals surface area (Å²) in [6.45, 7) is 8.40. The number of hydrogen-bond acceptors (Lipinski definition) is 6. The van der Waals surface area contributed by atoms with Crippen LogP contribution >= 0.6 is 11.3 Å². The standard InChI is InChI=1S/C15H22N4OS/c1-10-9-21-15(17-10)7-14-18-11(2)13(12(3)19-14)8-16-5-6-20-4/h9,16H,5-8H2,1-4H3. The lowest BCUT2D eigenvalue weighted by Gasteiger charge is -2.11. The first kappa shape index (κ1) is 16.0. The first-order valence-electron chi connectivity index (χ1n) is 7.03. The number of hydrogen-bond donors (Lipinski definition) is 1. The van der Waals surface area contributed by atoms with Gasteiger partial charge in [0.2, 0.25) is 0 Å². The van der Waals surface area contributed by atoms with Gasteiger partial charge < -0.3 is 10.1 Å². The molecule has 0 saturated carbocycles. The van der Waals surface area contributed by atoms with Crippen molar-refractivity contribution in [2.75, 3.05) is 20.3 Å². The Bertz CT molecular complexity index is 574. The first-order chi connectivity index (χ1) is 10.1. The van der Waals surface area contributed by atoms with Crippen molar-refractivity contribution in [2.45, 2.75) is 33.7 Å². The molecule has 2 rings (SSSR count). The van der Waals surface area contributed by atoms with Crippen LogP contribution in [0.5, 0.6) is 0 Å². The van der Waals surface area contributed by atoms with Gasteiger partial charge in [-0.15, -0.1) is 11.3 Å². The number of ether oxygens (including phenoxy) is 1. The van der Waals surface area contributed by atoms with Gasteiger partial charge in [-0.2, -0.15) is 0 Å². The zero-order valence-corrected chi connectivity index (χ0v) is 13.9. The third-order valence-electron chi connectivity index (χ3n) is 3.23. The van der Waals surface area contributed by atoms with Crippen molar-refractivity contribution in [1.82, 2.24) is 20.3 Å². The fourth-order valence-electron chi connectivity index (χ4n) is 2.15. The molecule has 2 heterocycles. The summed E-state index contributed by atoms with van der Waals surface area (Å²) in [6, 6.07) is 0. The molecule has 0 unspecified atom stereocenters. The zero-order chi connectivity index (χ0) is 15.2. The van der Waals surface area contributed by atoms with Crippen molar-refractivity contribution in [2.24, 2.45) is 0 Å². The number of nitrogens with zero attached hydrogens (tertiary/aromatic N) is 3. The fourth-order valence-corrected chi connectivity index (χ4v) is 2.92. The molecule has 0 bridgehead atoms. The Balaban J connectivity index is 2.05. The molecule has 0 saturated heterocycles. The molecule has 2 aromatic rings. The summed E-state index contributed by atoms with van der Waals surface area (Å²) in [7, 11) is 1.70. The van der Waals surface area contributed by atoms with Crippen LogP contribution in [0.2, 0.25) is 0 Å². The number of nitrogens with one attached hydrogen (secondary N) is 1. The first-order valence-corrected chi connectivity index (χ1v) is 7.91. The second kappa shape index (κ2) is 7.59. The van der Waals surface area contributed by atoms with Crippen molar-refractivity contribution in [1.29, 1.82) is 0 Å². The van der Waals surface area contributed by atoms with Crippen LogP contribution in [0.15, 0.2) is 5.38 Å². The Morgan fingerprint density at radius 1 is 1.14 bits per heavy atom. The summed E-state index contributed by atoms with van der Waals surface area (Å²) in [5.41, 5.74) is 4.30. The van der Waals surface area contributed by atoms with Crippen molar-refractivity contribution in [3.05, 3.63) is 38.9 Å². The molecule has 0 aromatic carbocycles. The van der Waals surface area contributed by atoms with Crippen molar-refractivity contribution >= 4 is 11.3 Å². The Kier molecular flexibility index (Phi) is 5.78. The lowest BCUT2D eigenvalue weighted by atomic mass is 10.1. The predicted octanol–water partition coefficient (Wildman–Crippen LogP) is 2.19. The van der Waals surface area contributed by atoms with E-state index in [2.05, 4.69) is 25.6 Å². The maximum absolute atomic E-state index is 5.03. The van der Waals surface area contributed by atoms with Gasteiger partial charge in [0.05, 0.1) is 13.0 Å². The molecule has 6 heteroatoms. The summed E-state index contributed by atoms with van der Waals surface area (Å²) in [6.07, 6.45) is 0.706. The van der Waals surface area contributed by atoms with E-state index >= 15 is 0 Å². The van der Waals surface area contributed by atoms with Gasteiger partial charge >= 0.3 is 0 Å². The van der Waals surface area contributed by atoms with Crippen LogP contribution in [0.4, 0.5) is 0 Å². The second-order valence-electron chi connectivity index (χ2n) is 5.02. The summed E-state index contributed by atoms with van der Waals surface area (Å²) in [4.78, 5) is 13.7. The van der Waals surface area contributed by atoms with Gasteiger partial charge in [-0.05, 0) is 20.8 Å². The van der Waals surface area contributed by atoms with E-state index in [9.17, 15) is 0 Å². The normalized spacial score (nSPS) is 11.0. The van der Waals surface area contributed by atoms with Gasteiger partial charge in [-0.3, -0.25) is 0 Å². The van der Waals surface area contributed by atoms with Crippen LogP contribution in [0.3, 0.4) is 0 Å². The molecule has 5 nitrogen and oxygen atoms in total. The number of methoxy groups -OCH3 is 1. The molecule has 2 aromatic heterocycles. The van der Waals surface area contributed by atoms with E-state index in [-0.39, 0.29) is 0 Å². The molecule has 0 radical (unpaired) electrons. The molecule has 0 amide bonds. The van der Waals surface area contributed by atoms with E-state index in [4.69, 9.17) is 4.74 Å². The average Bonchev–Trinajstić information content (AvgIpc) is 2.82. The second-order valence-corrected chi connectivity index (χ2v) is 5.96. The van der Waals surface area contributed by atoms with Gasteiger partial charge in [0.15, 0.2) is 0 Å². The minimum absolute atomic E-state index is 0.706. The highest BCUT2D eigenvalue weighted by Gasteiger charge is 2.10. The molecule has 0 fully saturated rings. The highest BCUT2D eigenvalue weighted by molar-refractivity contribution is 7.09. The maximum atomic E-state index is 5.03. The third-order valence-corrected chi connectivity index (χ3v) is 4.19. The lowest BCUT2D eigenvalue weighted by Crippen LogP contribution is -2.20. The van der Waals surface area contributed by atoms with Crippen LogP contribution in [-0.4, -0.2) is 35.2 Å². The Morgan fingerprint density at radius 2 is 1.86 bits per heavy atom. The summed E-state index contributed by atoms with van der Waals surface area (Å²) in [5, 5.41) is 6.47. The molecule has 0 spiro atoms. The number of aryl methyl sites for hydroxylation is 3. The Labute approximate surface area is 129 Å². The van der Waals surface area contributed by atoms with E-state index in [1.54, 1.807) is 18.4 Å². The van der Waals surface area contributed by atoms with E-state index in [1.807, 2.05) is 20.8 Å². The lowest BCUT2D eigenvalue weighted by molar-refractivity contribution is 0.199. The molecule has 0 aliphatic rings. The Hall–Kier alpha value is -1.37. The SMILES string of the molecule is COCCNCc1c(C)nc(Cc2nc(C)cs2)nc1C. The van der Waals surface area contributed by atoms with Gasteiger partial charge in [-0.25, -0.2) is 15.0 Å². The highest BCUT2D eigenvalue weighted by Crippen LogP contribution is 2.15. The quantitative estimate of drug-likeness (QED) is 0.795. The molecular weight excluding hydrogens is 284 g/mol. The van der Waals surface area contributed by atoms with Crippen LogP contribution in [0, 0.1) is 20.8 Å². The smallest absolute Gasteiger partial charge is 0.135 e. The van der Waals surface area contributed by atoms with Crippen LogP contribution in [0.1, 0.15) is 33.5 Å². The molecule has 114 valence electrons. The monoisotopic (exact) mass is 306 g/mol. The maximum Gasteiger partial charge on any atom is 0.135 e. The minimum Gasteiger partial charge on any atom is -0.383 e. The van der Waals surface area contributed by atoms with Crippen molar-refractivity contribution in [3.8, 4) is 0 Å². The third kappa shape index (κ3) is 4.56. The fraction of sp³-hybridized carbons (Fsp3) is 0.533. The molecule has 21 heavy (non-hydrogen) atoms. The molecule has 0 aliphatic carbocycles. The van der Waals surface area contributed by atoms with Gasteiger partial charge in [-0.1, -0.05) is 0 Å². The van der Waals surface area contributed by atoms with Crippen molar-refractivity contribution in [3.63, 3.8) is 0 Å². The summed E-state index contributed by atoms with van der Waals surface area (Å²) < 4.78 is 5.03. The van der Waals surface area contributed by atoms with Crippen LogP contribution in [0.25, 0.3) is 0 Å². The highest BCUT2D eigenvalue weighted by atomic mass is 32.1. The minimum atomic E-state index is 0.706. The van der Waals surface area contributed by atoms with Gasteiger partial charge in [0.25, 0.3) is 0 Å². The van der Waals surface area contributed by atoms with Gasteiger partial charge in [0, 0.05) is 48.2 Å².